The van der Waals surface area contributed by atoms with Crippen molar-refractivity contribution >= 4 is 12.0 Å². The molecule has 0 heterocycles. The summed E-state index contributed by atoms with van der Waals surface area (Å²) in [5.74, 6) is -0.615. The number of halogens is 7. The number of ether oxygens (including phenoxy) is 1. The first kappa shape index (κ1) is 23.5. The van der Waals surface area contributed by atoms with Crippen molar-refractivity contribution in [3.63, 3.8) is 0 Å². The zero-order chi connectivity index (χ0) is 22.5. The summed E-state index contributed by atoms with van der Waals surface area (Å²) in [5.41, 5.74) is 0.447. The molecule has 0 aromatic heterocycles. The lowest BCUT2D eigenvalue weighted by molar-refractivity contribution is -0.253. The van der Waals surface area contributed by atoms with Crippen LogP contribution in [0.25, 0.3) is 0 Å². The average molecular weight is 439 g/mol. The summed E-state index contributed by atoms with van der Waals surface area (Å²) in [6.45, 7) is -1.25. The maximum Gasteiger partial charge on any atom is 0.461 e. The van der Waals surface area contributed by atoms with Crippen LogP contribution in [0.1, 0.15) is 15.9 Å². The van der Waals surface area contributed by atoms with Crippen molar-refractivity contribution in [1.29, 1.82) is 0 Å². The average Bonchev–Trinajstić information content (AvgIpc) is 2.66. The molecular formula is C19H16F7NO3. The third kappa shape index (κ3) is 6.34. The second-order valence-corrected chi connectivity index (χ2v) is 6.26. The van der Waals surface area contributed by atoms with Gasteiger partial charge in [0.1, 0.15) is 12.0 Å². The number of alkyl halides is 7. The molecule has 0 aliphatic carbocycles. The standard InChI is InChI=1S/C19H16F7NO3/c20-17(21)19(25,26)30-15-6-2-3-12(8-15)9-27(10-16(29)18(22,23)24)14-5-1-4-13(7-14)11-28/h1-8,11,16-17,29H,9-10H2. The Morgan fingerprint density at radius 3 is 2.30 bits per heavy atom. The van der Waals surface area contributed by atoms with Gasteiger partial charge in [-0.1, -0.05) is 24.3 Å². The van der Waals surface area contributed by atoms with E-state index in [0.717, 1.165) is 17.0 Å². The molecule has 0 amide bonds. The first-order chi connectivity index (χ1) is 13.9. The Kier molecular flexibility index (Phi) is 7.30. The highest BCUT2D eigenvalue weighted by Gasteiger charge is 2.44. The van der Waals surface area contributed by atoms with Crippen LogP contribution in [0.2, 0.25) is 0 Å². The van der Waals surface area contributed by atoms with Gasteiger partial charge in [0, 0.05) is 17.8 Å². The fourth-order valence-corrected chi connectivity index (χ4v) is 2.50. The van der Waals surface area contributed by atoms with Gasteiger partial charge in [-0.05, 0) is 29.8 Å². The summed E-state index contributed by atoms with van der Waals surface area (Å²) >= 11 is 0. The summed E-state index contributed by atoms with van der Waals surface area (Å²) in [6.07, 6.45) is -16.0. The molecular weight excluding hydrogens is 423 g/mol. The van der Waals surface area contributed by atoms with Crippen LogP contribution in [-0.2, 0) is 6.54 Å². The van der Waals surface area contributed by atoms with Gasteiger partial charge in [0.05, 0.1) is 6.54 Å². The minimum Gasteiger partial charge on any atom is -0.428 e. The molecule has 0 aliphatic rings. The predicted molar refractivity (Wildman–Crippen MR) is 93.0 cm³/mol. The largest absolute Gasteiger partial charge is 0.461 e. The first-order valence-electron chi connectivity index (χ1n) is 8.41. The van der Waals surface area contributed by atoms with Crippen molar-refractivity contribution in [2.75, 3.05) is 11.4 Å². The summed E-state index contributed by atoms with van der Waals surface area (Å²) < 4.78 is 93.3. The molecule has 0 saturated carbocycles. The van der Waals surface area contributed by atoms with E-state index in [1.54, 1.807) is 0 Å². The number of benzene rings is 2. The molecule has 0 radical (unpaired) electrons. The molecule has 1 atom stereocenters. The first-order valence-corrected chi connectivity index (χ1v) is 8.41. The van der Waals surface area contributed by atoms with E-state index in [1.807, 2.05) is 0 Å². The lowest BCUT2D eigenvalue weighted by atomic mass is 10.1. The number of hydrogen-bond donors (Lipinski definition) is 1. The summed E-state index contributed by atoms with van der Waals surface area (Å²) in [5, 5.41) is 9.45. The summed E-state index contributed by atoms with van der Waals surface area (Å²) in [4.78, 5) is 12.0. The molecule has 2 rings (SSSR count). The van der Waals surface area contributed by atoms with E-state index < -0.39 is 37.1 Å². The summed E-state index contributed by atoms with van der Waals surface area (Å²) in [6, 6.07) is 10.00. The highest BCUT2D eigenvalue weighted by Crippen LogP contribution is 2.29. The molecule has 164 valence electrons. The smallest absolute Gasteiger partial charge is 0.428 e. The van der Waals surface area contributed by atoms with Gasteiger partial charge in [-0.25, -0.2) is 0 Å². The van der Waals surface area contributed by atoms with Gasteiger partial charge in [0.2, 0.25) is 0 Å². The molecule has 1 unspecified atom stereocenters. The minimum atomic E-state index is -4.93. The van der Waals surface area contributed by atoms with Crippen LogP contribution in [0.15, 0.2) is 48.5 Å². The van der Waals surface area contributed by atoms with Gasteiger partial charge in [-0.3, -0.25) is 4.79 Å². The molecule has 30 heavy (non-hydrogen) atoms. The van der Waals surface area contributed by atoms with Crippen molar-refractivity contribution in [2.24, 2.45) is 0 Å². The topological polar surface area (TPSA) is 49.8 Å². The maximum atomic E-state index is 13.1. The van der Waals surface area contributed by atoms with E-state index in [9.17, 15) is 40.6 Å². The lowest BCUT2D eigenvalue weighted by Crippen LogP contribution is -2.41. The number of anilines is 1. The van der Waals surface area contributed by atoms with E-state index in [2.05, 4.69) is 4.74 Å². The van der Waals surface area contributed by atoms with Crippen LogP contribution in [-0.4, -0.2) is 42.8 Å². The number of carbonyl (C=O) groups is 1. The van der Waals surface area contributed by atoms with E-state index >= 15 is 0 Å². The minimum absolute atomic E-state index is 0.142. The molecule has 0 spiro atoms. The molecule has 2 aromatic rings. The van der Waals surface area contributed by atoms with Crippen molar-refractivity contribution < 1.29 is 45.4 Å². The number of aldehydes is 1. The normalized spacial score (nSPS) is 13.2. The molecule has 0 fully saturated rings. The Hall–Kier alpha value is -2.82. The Balaban J connectivity index is 2.31. The van der Waals surface area contributed by atoms with E-state index in [1.165, 1.54) is 36.4 Å². The molecule has 0 bridgehead atoms. The third-order valence-corrected chi connectivity index (χ3v) is 3.92. The Morgan fingerprint density at radius 2 is 1.70 bits per heavy atom. The fourth-order valence-electron chi connectivity index (χ4n) is 2.50. The number of hydrogen-bond acceptors (Lipinski definition) is 4. The third-order valence-electron chi connectivity index (χ3n) is 3.92. The van der Waals surface area contributed by atoms with Gasteiger partial charge in [0.15, 0.2) is 6.10 Å². The van der Waals surface area contributed by atoms with Crippen LogP contribution in [0.4, 0.5) is 36.4 Å². The van der Waals surface area contributed by atoms with Gasteiger partial charge >= 0.3 is 18.7 Å². The molecule has 4 nitrogen and oxygen atoms in total. The van der Waals surface area contributed by atoms with E-state index in [4.69, 9.17) is 0 Å². The lowest BCUT2D eigenvalue weighted by Gasteiger charge is -2.29. The van der Waals surface area contributed by atoms with Crippen molar-refractivity contribution in [1.82, 2.24) is 0 Å². The highest BCUT2D eigenvalue weighted by atomic mass is 19.4. The Bertz CT molecular complexity index is 858. The zero-order valence-electron chi connectivity index (χ0n) is 15.1. The van der Waals surface area contributed by atoms with Crippen LogP contribution in [0.5, 0.6) is 5.75 Å². The molecule has 11 heteroatoms. The van der Waals surface area contributed by atoms with Gasteiger partial charge in [-0.15, -0.1) is 0 Å². The van der Waals surface area contributed by atoms with Crippen LogP contribution in [0.3, 0.4) is 0 Å². The fraction of sp³-hybridized carbons (Fsp3) is 0.316. The van der Waals surface area contributed by atoms with Gasteiger partial charge < -0.3 is 14.7 Å². The van der Waals surface area contributed by atoms with Crippen LogP contribution >= 0.6 is 0 Å². The van der Waals surface area contributed by atoms with Crippen molar-refractivity contribution in [2.45, 2.75) is 31.4 Å². The zero-order valence-corrected chi connectivity index (χ0v) is 15.1. The number of rotatable bonds is 9. The Labute approximate surface area is 166 Å². The predicted octanol–water partition coefficient (Wildman–Crippen LogP) is 4.67. The number of nitrogens with zero attached hydrogens (tertiary/aromatic N) is 1. The maximum absolute atomic E-state index is 13.1. The Morgan fingerprint density at radius 1 is 1.03 bits per heavy atom. The number of aliphatic hydroxyl groups is 1. The second-order valence-electron chi connectivity index (χ2n) is 6.26. The van der Waals surface area contributed by atoms with Crippen molar-refractivity contribution in [3.05, 3.63) is 59.7 Å². The quantitative estimate of drug-likeness (QED) is 0.456. The second kappa shape index (κ2) is 9.33. The van der Waals surface area contributed by atoms with Gasteiger partial charge in [0.25, 0.3) is 0 Å². The molecule has 2 aromatic carbocycles. The highest BCUT2D eigenvalue weighted by molar-refractivity contribution is 5.77. The summed E-state index contributed by atoms with van der Waals surface area (Å²) in [7, 11) is 0. The van der Waals surface area contributed by atoms with Gasteiger partial charge in [-0.2, -0.15) is 30.7 Å². The van der Waals surface area contributed by atoms with E-state index in [0.29, 0.717) is 6.29 Å². The van der Waals surface area contributed by atoms with Crippen LogP contribution < -0.4 is 9.64 Å². The van der Waals surface area contributed by atoms with Crippen LogP contribution in [0, 0.1) is 0 Å². The number of carbonyl (C=O) groups excluding carboxylic acids is 1. The van der Waals surface area contributed by atoms with Crippen molar-refractivity contribution in [3.8, 4) is 5.75 Å². The van der Waals surface area contributed by atoms with E-state index in [-0.39, 0.29) is 23.4 Å². The number of aliphatic hydroxyl groups excluding tert-OH is 1. The molecule has 0 aliphatic heterocycles. The monoisotopic (exact) mass is 439 g/mol. The molecule has 0 saturated heterocycles. The molecule has 1 N–H and O–H groups in total. The SMILES string of the molecule is O=Cc1cccc(N(Cc2cccc(OC(F)(F)C(F)F)c2)CC(O)C(F)(F)F)c1.